The highest BCUT2D eigenvalue weighted by atomic mass is 79.9. The lowest BCUT2D eigenvalue weighted by atomic mass is 9.46. The van der Waals surface area contributed by atoms with Crippen molar-refractivity contribution in [3.63, 3.8) is 0 Å². The fraction of sp³-hybridized carbons (Fsp3) is 0.840. The van der Waals surface area contributed by atoms with Gasteiger partial charge in [-0.25, -0.2) is 4.58 Å². The molecule has 0 bridgehead atoms. The zero-order valence-electron chi connectivity index (χ0n) is 18.2. The average Bonchev–Trinajstić information content (AvgIpc) is 3.34. The number of halogens is 1. The second-order valence-electron chi connectivity index (χ2n) is 11.1. The molecule has 0 aromatic carbocycles. The number of hydrogen-bond donors (Lipinski definition) is 1. The zero-order valence-corrected chi connectivity index (χ0v) is 19.8. The van der Waals surface area contributed by atoms with Crippen molar-refractivity contribution in [2.75, 3.05) is 18.4 Å². The van der Waals surface area contributed by atoms with Crippen molar-refractivity contribution in [2.24, 2.45) is 28.6 Å². The predicted molar refractivity (Wildman–Crippen MR) is 120 cm³/mol. The van der Waals surface area contributed by atoms with Crippen LogP contribution in [-0.2, 0) is 4.79 Å². The molecule has 3 unspecified atom stereocenters. The summed E-state index contributed by atoms with van der Waals surface area (Å²) < 4.78 is 2.64. The Labute approximate surface area is 184 Å². The lowest BCUT2D eigenvalue weighted by Gasteiger charge is -2.58. The first kappa shape index (κ1) is 20.4. The number of Topliss-reactive ketones (excluding diaryl/α,β-unsaturated/α-hetero) is 1. The van der Waals surface area contributed by atoms with Gasteiger partial charge in [-0.05, 0) is 68.1 Å². The fourth-order valence-corrected chi connectivity index (χ4v) is 8.87. The zero-order chi connectivity index (χ0) is 20.4. The van der Waals surface area contributed by atoms with Crippen LogP contribution < -0.4 is 0 Å². The molecule has 5 aliphatic rings. The Balaban J connectivity index is 1.45. The quantitative estimate of drug-likeness (QED) is 0.468. The van der Waals surface area contributed by atoms with Crippen molar-refractivity contribution in [1.29, 1.82) is 0 Å². The molecular formula is C25H37BrNO2+. The van der Waals surface area contributed by atoms with E-state index in [2.05, 4.69) is 40.4 Å². The number of hydrogen-bond acceptors (Lipinski definition) is 2. The molecule has 4 fully saturated rings. The average molecular weight is 463 g/mol. The predicted octanol–water partition coefficient (Wildman–Crippen LogP) is 4.89. The van der Waals surface area contributed by atoms with E-state index >= 15 is 0 Å². The van der Waals surface area contributed by atoms with Crippen LogP contribution in [0.15, 0.2) is 11.6 Å². The summed E-state index contributed by atoms with van der Waals surface area (Å²) in [5.41, 5.74) is 2.28. The molecule has 0 spiro atoms. The number of nitrogens with zero attached hydrogens (tertiary/aromatic N) is 1. The Bertz CT molecular complexity index is 780. The van der Waals surface area contributed by atoms with Crippen LogP contribution in [0.3, 0.4) is 0 Å². The minimum Gasteiger partial charge on any atom is -0.381 e. The molecule has 0 radical (unpaired) electrons. The van der Waals surface area contributed by atoms with Crippen LogP contribution in [0, 0.1) is 28.6 Å². The lowest BCUT2D eigenvalue weighted by Crippen LogP contribution is -2.57. The van der Waals surface area contributed by atoms with Crippen molar-refractivity contribution in [3.05, 3.63) is 11.6 Å². The molecule has 0 amide bonds. The molecule has 3 saturated carbocycles. The van der Waals surface area contributed by atoms with E-state index in [0.29, 0.717) is 23.7 Å². The maximum absolute atomic E-state index is 12.7. The number of ketones is 1. The topological polar surface area (TPSA) is 40.3 Å². The van der Waals surface area contributed by atoms with Gasteiger partial charge in [0.1, 0.15) is 18.7 Å². The van der Waals surface area contributed by atoms with E-state index < -0.39 is 5.60 Å². The van der Waals surface area contributed by atoms with Crippen molar-refractivity contribution >= 4 is 27.4 Å². The highest BCUT2D eigenvalue weighted by Gasteiger charge is 2.65. The summed E-state index contributed by atoms with van der Waals surface area (Å²) in [6.45, 7) is 7.28. The Hall–Kier alpha value is -0.480. The third-order valence-corrected chi connectivity index (χ3v) is 10.7. The van der Waals surface area contributed by atoms with Crippen LogP contribution in [0.1, 0.15) is 78.1 Å². The van der Waals surface area contributed by atoms with Gasteiger partial charge in [0, 0.05) is 30.8 Å². The summed E-state index contributed by atoms with van der Waals surface area (Å²) in [6.07, 6.45) is 14.1. The molecule has 1 saturated heterocycles. The van der Waals surface area contributed by atoms with Crippen molar-refractivity contribution < 1.29 is 14.5 Å². The lowest BCUT2D eigenvalue weighted by molar-refractivity contribution is -0.506. The maximum atomic E-state index is 12.7. The summed E-state index contributed by atoms with van der Waals surface area (Å²) >= 11 is 3.33. The number of allylic oxidation sites excluding steroid dienone is 2. The van der Waals surface area contributed by atoms with E-state index in [4.69, 9.17) is 0 Å². The molecule has 0 aromatic heterocycles. The number of carbonyl (C=O) groups is 1. The molecule has 3 nitrogen and oxygen atoms in total. The van der Waals surface area contributed by atoms with Crippen LogP contribution in [-0.4, -0.2) is 45.2 Å². The molecule has 160 valence electrons. The molecule has 5 rings (SSSR count). The van der Waals surface area contributed by atoms with Gasteiger partial charge in [-0.2, -0.15) is 0 Å². The van der Waals surface area contributed by atoms with Gasteiger partial charge >= 0.3 is 0 Å². The second-order valence-corrected chi connectivity index (χ2v) is 11.7. The highest BCUT2D eigenvalue weighted by molar-refractivity contribution is 9.09. The minimum atomic E-state index is -1.12. The molecule has 1 N–H and O–H groups in total. The van der Waals surface area contributed by atoms with Gasteiger partial charge in [-0.3, -0.25) is 4.79 Å². The normalized spacial score (nSPS) is 46.8. The Morgan fingerprint density at radius 1 is 1.10 bits per heavy atom. The van der Waals surface area contributed by atoms with Gasteiger partial charge < -0.3 is 5.11 Å². The smallest absolute Gasteiger partial charge is 0.175 e. The molecule has 4 aliphatic carbocycles. The summed E-state index contributed by atoms with van der Waals surface area (Å²) in [5, 5.41) is 11.7. The monoisotopic (exact) mass is 462 g/mol. The summed E-state index contributed by atoms with van der Waals surface area (Å²) in [7, 11) is 0. The number of fused-ring (bicyclic) bond motifs is 5. The fourth-order valence-electron chi connectivity index (χ4n) is 8.41. The van der Waals surface area contributed by atoms with Gasteiger partial charge in [-0.1, -0.05) is 35.4 Å². The van der Waals surface area contributed by atoms with E-state index in [0.717, 1.165) is 18.8 Å². The molecule has 0 aromatic rings. The van der Waals surface area contributed by atoms with Crippen molar-refractivity contribution in [2.45, 2.75) is 83.7 Å². The summed E-state index contributed by atoms with van der Waals surface area (Å²) in [5.74, 6) is 1.89. The first-order valence-electron chi connectivity index (χ1n) is 12.0. The SMILES string of the molecule is C[C@]12CCC(=[N+]3CCCC3)C=C1CCC1C2CC[C@@]2(C)C1CC[C@]2(O)C(=O)CBr. The van der Waals surface area contributed by atoms with Crippen LogP contribution in [0.25, 0.3) is 0 Å². The largest absolute Gasteiger partial charge is 0.381 e. The van der Waals surface area contributed by atoms with E-state index in [1.165, 1.54) is 58.0 Å². The minimum absolute atomic E-state index is 0.00563. The van der Waals surface area contributed by atoms with E-state index in [1.54, 1.807) is 11.3 Å². The number of aliphatic hydroxyl groups is 1. The first-order chi connectivity index (χ1) is 13.8. The standard InChI is InChI=1S/C25H37BrNO2/c1-23-10-7-18(27-13-3-4-14-27)15-17(23)5-6-19-20(23)8-11-24(2)21(19)9-12-25(24,29)22(28)16-26/h15,19-21,29H,3-14,16H2,1-2H3/q+1/t19?,20?,21?,23-,24-,25-/m0/s1. The third kappa shape index (κ3) is 2.76. The molecule has 1 aliphatic heterocycles. The Morgan fingerprint density at radius 3 is 2.55 bits per heavy atom. The van der Waals surface area contributed by atoms with Gasteiger partial charge in [0.2, 0.25) is 0 Å². The van der Waals surface area contributed by atoms with E-state index in [1.807, 2.05) is 0 Å². The number of alkyl halides is 1. The van der Waals surface area contributed by atoms with Crippen molar-refractivity contribution in [1.82, 2.24) is 0 Å². The first-order valence-corrected chi connectivity index (χ1v) is 13.1. The number of rotatable bonds is 2. The summed E-state index contributed by atoms with van der Waals surface area (Å²) in [4.78, 5) is 12.7. The molecule has 29 heavy (non-hydrogen) atoms. The van der Waals surface area contributed by atoms with Crippen LogP contribution in [0.4, 0.5) is 0 Å². The molecule has 6 atom stereocenters. The van der Waals surface area contributed by atoms with Crippen LogP contribution >= 0.6 is 15.9 Å². The van der Waals surface area contributed by atoms with Gasteiger partial charge in [0.05, 0.1) is 5.33 Å². The second kappa shape index (κ2) is 7.02. The van der Waals surface area contributed by atoms with Gasteiger partial charge in [0.25, 0.3) is 0 Å². The van der Waals surface area contributed by atoms with Gasteiger partial charge in [-0.15, -0.1) is 0 Å². The summed E-state index contributed by atoms with van der Waals surface area (Å²) in [6, 6.07) is 0. The Kier molecular flexibility index (Phi) is 4.94. The molecule has 4 heteroatoms. The van der Waals surface area contributed by atoms with Crippen LogP contribution in [0.5, 0.6) is 0 Å². The molecular weight excluding hydrogens is 426 g/mol. The van der Waals surface area contributed by atoms with E-state index in [-0.39, 0.29) is 16.5 Å². The number of carbonyl (C=O) groups excluding carboxylic acids is 1. The van der Waals surface area contributed by atoms with Crippen LogP contribution in [0.2, 0.25) is 0 Å². The Morgan fingerprint density at radius 2 is 1.83 bits per heavy atom. The van der Waals surface area contributed by atoms with E-state index in [9.17, 15) is 9.90 Å². The molecule has 1 heterocycles. The van der Waals surface area contributed by atoms with Crippen molar-refractivity contribution in [3.8, 4) is 0 Å². The highest BCUT2D eigenvalue weighted by Crippen LogP contribution is 2.67. The maximum Gasteiger partial charge on any atom is 0.175 e. The third-order valence-electron chi connectivity index (χ3n) is 10.2. The van der Waals surface area contributed by atoms with Gasteiger partial charge in [0.15, 0.2) is 11.5 Å².